The van der Waals surface area contributed by atoms with E-state index in [0.29, 0.717) is 16.5 Å². The highest BCUT2D eigenvalue weighted by molar-refractivity contribution is 6.33. The molecule has 2 aromatic rings. The van der Waals surface area contributed by atoms with E-state index in [1.54, 1.807) is 10.9 Å². The summed E-state index contributed by atoms with van der Waals surface area (Å²) in [6.07, 6.45) is 1.74. The highest BCUT2D eigenvalue weighted by atomic mass is 35.5. The van der Waals surface area contributed by atoms with E-state index in [2.05, 4.69) is 10.4 Å². The van der Waals surface area contributed by atoms with Gasteiger partial charge in [-0.15, -0.1) is 0 Å². The van der Waals surface area contributed by atoms with Crippen LogP contribution in [0, 0.1) is 0 Å². The van der Waals surface area contributed by atoms with Crippen molar-refractivity contribution in [2.45, 2.75) is 0 Å². The van der Waals surface area contributed by atoms with Crippen LogP contribution in [0.25, 0.3) is 0 Å². The normalized spacial score (nSPS) is 10.3. The summed E-state index contributed by atoms with van der Waals surface area (Å²) in [5, 5.41) is 7.88. The van der Waals surface area contributed by atoms with Gasteiger partial charge in [-0.3, -0.25) is 4.68 Å². The molecular weight excluding hydrogens is 212 g/mol. The van der Waals surface area contributed by atoms with Gasteiger partial charge in [0.1, 0.15) is 0 Å². The monoisotopic (exact) mass is 222 g/mol. The maximum atomic E-state index is 6.00. The van der Waals surface area contributed by atoms with Gasteiger partial charge in [0.15, 0.2) is 5.82 Å². The van der Waals surface area contributed by atoms with Crippen LogP contribution in [0.4, 0.5) is 17.2 Å². The molecule has 3 N–H and O–H groups in total. The summed E-state index contributed by atoms with van der Waals surface area (Å²) >= 11 is 6.00. The summed E-state index contributed by atoms with van der Waals surface area (Å²) in [7, 11) is 1.81. The van der Waals surface area contributed by atoms with Gasteiger partial charge >= 0.3 is 0 Å². The van der Waals surface area contributed by atoms with Crippen molar-refractivity contribution in [2.24, 2.45) is 7.05 Å². The smallest absolute Gasteiger partial charge is 0.175 e. The maximum Gasteiger partial charge on any atom is 0.175 e. The number of nitrogens with one attached hydrogen (secondary N) is 1. The number of rotatable bonds is 2. The number of halogens is 1. The number of hydrogen-bond acceptors (Lipinski definition) is 3. The Kier molecular flexibility index (Phi) is 2.51. The Labute approximate surface area is 92.7 Å². The van der Waals surface area contributed by atoms with Gasteiger partial charge in [0.25, 0.3) is 0 Å². The van der Waals surface area contributed by atoms with E-state index in [1.807, 2.05) is 31.3 Å². The number of para-hydroxylation sites is 1. The van der Waals surface area contributed by atoms with Crippen LogP contribution in [-0.2, 0) is 7.05 Å². The number of nitrogens with two attached hydrogens (primary N) is 1. The van der Waals surface area contributed by atoms with Gasteiger partial charge in [0.05, 0.1) is 16.4 Å². The van der Waals surface area contributed by atoms with Crippen molar-refractivity contribution in [1.29, 1.82) is 0 Å². The summed E-state index contributed by atoms with van der Waals surface area (Å²) < 4.78 is 1.65. The molecule has 1 aromatic heterocycles. The number of aromatic nitrogens is 2. The van der Waals surface area contributed by atoms with Gasteiger partial charge in [-0.05, 0) is 12.1 Å². The summed E-state index contributed by atoms with van der Waals surface area (Å²) in [4.78, 5) is 0. The molecule has 2 rings (SSSR count). The number of hydrogen-bond donors (Lipinski definition) is 2. The van der Waals surface area contributed by atoms with Crippen molar-refractivity contribution in [2.75, 3.05) is 11.1 Å². The summed E-state index contributed by atoms with van der Waals surface area (Å²) in [5.41, 5.74) is 7.14. The minimum Gasteiger partial charge on any atom is -0.394 e. The van der Waals surface area contributed by atoms with Gasteiger partial charge < -0.3 is 11.1 Å². The lowest BCUT2D eigenvalue weighted by Crippen LogP contribution is -1.96. The Morgan fingerprint density at radius 2 is 2.13 bits per heavy atom. The Morgan fingerprint density at radius 1 is 1.40 bits per heavy atom. The number of anilines is 3. The molecule has 78 valence electrons. The van der Waals surface area contributed by atoms with E-state index in [1.165, 1.54) is 0 Å². The van der Waals surface area contributed by atoms with Crippen LogP contribution in [0.1, 0.15) is 0 Å². The predicted octanol–water partition coefficient (Wildman–Crippen LogP) is 2.40. The van der Waals surface area contributed by atoms with E-state index in [-0.39, 0.29) is 0 Å². The molecule has 0 aliphatic rings. The maximum absolute atomic E-state index is 6.00. The van der Waals surface area contributed by atoms with Gasteiger partial charge in [-0.1, -0.05) is 23.7 Å². The molecule has 1 heterocycles. The zero-order valence-electron chi connectivity index (χ0n) is 8.24. The zero-order chi connectivity index (χ0) is 10.8. The van der Waals surface area contributed by atoms with Crippen molar-refractivity contribution in [3.05, 3.63) is 35.5 Å². The van der Waals surface area contributed by atoms with E-state index < -0.39 is 0 Å². The molecule has 5 heteroatoms. The van der Waals surface area contributed by atoms with Crippen molar-refractivity contribution in [1.82, 2.24) is 9.78 Å². The van der Waals surface area contributed by atoms with Crippen LogP contribution in [-0.4, -0.2) is 9.78 Å². The third-order valence-corrected chi connectivity index (χ3v) is 2.31. The first kappa shape index (κ1) is 9.86. The van der Waals surface area contributed by atoms with Crippen molar-refractivity contribution in [3.63, 3.8) is 0 Å². The van der Waals surface area contributed by atoms with Crippen LogP contribution < -0.4 is 11.1 Å². The quantitative estimate of drug-likeness (QED) is 0.821. The average molecular weight is 223 g/mol. The molecule has 1 aromatic carbocycles. The Balaban J connectivity index is 2.29. The SMILES string of the molecule is Cn1cc(N)c(Nc2ccccc2Cl)n1. The second kappa shape index (κ2) is 3.82. The van der Waals surface area contributed by atoms with Crippen LogP contribution in [0.3, 0.4) is 0 Å². The molecule has 0 amide bonds. The number of nitrogen functional groups attached to an aromatic ring is 1. The van der Waals surface area contributed by atoms with Crippen LogP contribution in [0.2, 0.25) is 5.02 Å². The minimum atomic E-state index is 0.595. The first-order valence-electron chi connectivity index (χ1n) is 4.47. The molecule has 0 radical (unpaired) electrons. The molecule has 0 aliphatic heterocycles. The molecule has 0 saturated carbocycles. The molecule has 4 nitrogen and oxygen atoms in total. The zero-order valence-corrected chi connectivity index (χ0v) is 8.99. The Bertz CT molecular complexity index is 478. The molecule has 0 aliphatic carbocycles. The fourth-order valence-electron chi connectivity index (χ4n) is 1.29. The van der Waals surface area contributed by atoms with Crippen molar-refractivity contribution < 1.29 is 0 Å². The minimum absolute atomic E-state index is 0.595. The van der Waals surface area contributed by atoms with E-state index in [0.717, 1.165) is 5.69 Å². The number of benzene rings is 1. The molecule has 0 fully saturated rings. The highest BCUT2D eigenvalue weighted by Crippen LogP contribution is 2.26. The van der Waals surface area contributed by atoms with E-state index in [9.17, 15) is 0 Å². The third kappa shape index (κ3) is 2.05. The third-order valence-electron chi connectivity index (χ3n) is 1.98. The molecule has 0 saturated heterocycles. The van der Waals surface area contributed by atoms with Crippen LogP contribution in [0.5, 0.6) is 0 Å². The summed E-state index contributed by atoms with van der Waals surface area (Å²) in [5.74, 6) is 0.616. The van der Waals surface area contributed by atoms with Gasteiger partial charge in [-0.2, -0.15) is 5.10 Å². The molecule has 0 spiro atoms. The molecule has 15 heavy (non-hydrogen) atoms. The second-order valence-electron chi connectivity index (χ2n) is 3.21. The lowest BCUT2D eigenvalue weighted by atomic mass is 10.3. The summed E-state index contributed by atoms with van der Waals surface area (Å²) in [6.45, 7) is 0. The van der Waals surface area contributed by atoms with E-state index in [4.69, 9.17) is 17.3 Å². The topological polar surface area (TPSA) is 55.9 Å². The fourth-order valence-corrected chi connectivity index (χ4v) is 1.48. The molecule has 0 atom stereocenters. The fraction of sp³-hybridized carbons (Fsp3) is 0.100. The lowest BCUT2D eigenvalue weighted by Gasteiger charge is -2.05. The first-order valence-corrected chi connectivity index (χ1v) is 4.85. The largest absolute Gasteiger partial charge is 0.394 e. The van der Waals surface area contributed by atoms with Gasteiger partial charge in [0.2, 0.25) is 0 Å². The number of aryl methyl sites for hydroxylation is 1. The molecule has 0 unspecified atom stereocenters. The average Bonchev–Trinajstić information content (AvgIpc) is 2.49. The first-order chi connectivity index (χ1) is 7.16. The highest BCUT2D eigenvalue weighted by Gasteiger charge is 2.05. The van der Waals surface area contributed by atoms with Crippen molar-refractivity contribution in [3.8, 4) is 0 Å². The Hall–Kier alpha value is -1.68. The van der Waals surface area contributed by atoms with Crippen molar-refractivity contribution >= 4 is 28.8 Å². The van der Waals surface area contributed by atoms with Crippen LogP contribution in [0.15, 0.2) is 30.5 Å². The van der Waals surface area contributed by atoms with E-state index >= 15 is 0 Å². The summed E-state index contributed by atoms with van der Waals surface area (Å²) in [6, 6.07) is 7.45. The molecular formula is C10H11ClN4. The van der Waals surface area contributed by atoms with Crippen LogP contribution >= 0.6 is 11.6 Å². The van der Waals surface area contributed by atoms with Gasteiger partial charge in [0, 0.05) is 13.2 Å². The van der Waals surface area contributed by atoms with Gasteiger partial charge in [-0.25, -0.2) is 0 Å². The molecule has 0 bridgehead atoms. The Morgan fingerprint density at radius 3 is 2.73 bits per heavy atom. The number of nitrogens with zero attached hydrogens (tertiary/aromatic N) is 2. The standard InChI is InChI=1S/C10H11ClN4/c1-15-6-8(12)10(14-15)13-9-5-3-2-4-7(9)11/h2-6H,12H2,1H3,(H,13,14). The lowest BCUT2D eigenvalue weighted by molar-refractivity contribution is 0.771. The second-order valence-corrected chi connectivity index (χ2v) is 3.62. The predicted molar refractivity (Wildman–Crippen MR) is 62.4 cm³/mol.